The van der Waals surface area contributed by atoms with Crippen LogP contribution in [0.3, 0.4) is 0 Å². The highest BCUT2D eigenvalue weighted by Crippen LogP contribution is 2.25. The quantitative estimate of drug-likeness (QED) is 0.910. The Labute approximate surface area is 121 Å². The number of likely N-dealkylation sites (N-methyl/N-ethyl adjacent to an activating group) is 2. The normalized spacial score (nSPS) is 22.9. The molecule has 0 amide bonds. The van der Waals surface area contributed by atoms with E-state index in [9.17, 15) is 4.39 Å². The molecule has 2 unspecified atom stereocenters. The monoisotopic (exact) mass is 279 g/mol. The maximum Gasteiger partial charge on any atom is 0.123 e. The van der Waals surface area contributed by atoms with Gasteiger partial charge in [-0.1, -0.05) is 6.07 Å². The zero-order valence-electron chi connectivity index (χ0n) is 13.0. The number of halogens is 1. The number of rotatable bonds is 4. The van der Waals surface area contributed by atoms with E-state index in [1.807, 2.05) is 20.0 Å². The summed E-state index contributed by atoms with van der Waals surface area (Å²) in [6, 6.07) is 5.91. The van der Waals surface area contributed by atoms with Crippen molar-refractivity contribution in [1.82, 2.24) is 15.1 Å². The van der Waals surface area contributed by atoms with Crippen molar-refractivity contribution in [2.24, 2.45) is 0 Å². The van der Waals surface area contributed by atoms with Crippen molar-refractivity contribution >= 4 is 0 Å². The van der Waals surface area contributed by atoms with Gasteiger partial charge in [0, 0.05) is 31.7 Å². The third-order valence-corrected chi connectivity index (χ3v) is 4.44. The predicted octanol–water partition coefficient (Wildman–Crippen LogP) is 2.03. The van der Waals surface area contributed by atoms with Crippen LogP contribution in [-0.2, 0) is 0 Å². The van der Waals surface area contributed by atoms with Crippen LogP contribution in [0.25, 0.3) is 0 Å². The first kappa shape index (κ1) is 15.4. The van der Waals surface area contributed by atoms with Crippen LogP contribution in [0.4, 0.5) is 4.39 Å². The lowest BCUT2D eigenvalue weighted by molar-refractivity contribution is 0.102. The van der Waals surface area contributed by atoms with Gasteiger partial charge in [-0.2, -0.15) is 0 Å². The standard InChI is InChI=1S/C16H26FN3/c1-12-9-13(17)5-6-15(12)16(18-2)10-14-11-19(3)7-8-20(14)4/h5-6,9,14,16,18H,7-8,10-11H2,1-4H3. The Morgan fingerprint density at radius 2 is 2.10 bits per heavy atom. The molecule has 1 fully saturated rings. The van der Waals surface area contributed by atoms with Crippen LogP contribution in [0.1, 0.15) is 23.6 Å². The highest BCUT2D eigenvalue weighted by atomic mass is 19.1. The first-order chi connectivity index (χ1) is 9.51. The molecule has 1 aliphatic rings. The molecule has 1 N–H and O–H groups in total. The molecular formula is C16H26FN3. The van der Waals surface area contributed by atoms with E-state index in [1.54, 1.807) is 12.1 Å². The smallest absolute Gasteiger partial charge is 0.123 e. The van der Waals surface area contributed by atoms with Crippen molar-refractivity contribution in [3.63, 3.8) is 0 Å². The van der Waals surface area contributed by atoms with Crippen molar-refractivity contribution in [2.45, 2.75) is 25.4 Å². The summed E-state index contributed by atoms with van der Waals surface area (Å²) in [7, 11) is 6.36. The summed E-state index contributed by atoms with van der Waals surface area (Å²) in [4.78, 5) is 4.82. The van der Waals surface area contributed by atoms with Crippen LogP contribution in [0, 0.1) is 12.7 Å². The van der Waals surface area contributed by atoms with Gasteiger partial charge in [0.2, 0.25) is 0 Å². The number of hydrogen-bond donors (Lipinski definition) is 1. The van der Waals surface area contributed by atoms with E-state index in [-0.39, 0.29) is 11.9 Å². The molecule has 4 heteroatoms. The van der Waals surface area contributed by atoms with Gasteiger partial charge in [-0.25, -0.2) is 4.39 Å². The minimum absolute atomic E-state index is 0.157. The van der Waals surface area contributed by atoms with Crippen molar-refractivity contribution in [2.75, 3.05) is 40.8 Å². The van der Waals surface area contributed by atoms with Gasteiger partial charge in [-0.3, -0.25) is 0 Å². The molecule has 0 aromatic heterocycles. The summed E-state index contributed by atoms with van der Waals surface area (Å²) in [6.07, 6.45) is 1.05. The lowest BCUT2D eigenvalue weighted by atomic mass is 9.94. The summed E-state index contributed by atoms with van der Waals surface area (Å²) in [5, 5.41) is 3.39. The van der Waals surface area contributed by atoms with Gasteiger partial charge < -0.3 is 15.1 Å². The summed E-state index contributed by atoms with van der Waals surface area (Å²) < 4.78 is 13.3. The number of nitrogens with one attached hydrogen (secondary N) is 1. The van der Waals surface area contributed by atoms with Gasteiger partial charge in [0.15, 0.2) is 0 Å². The van der Waals surface area contributed by atoms with Gasteiger partial charge in [0.25, 0.3) is 0 Å². The fraction of sp³-hybridized carbons (Fsp3) is 0.625. The topological polar surface area (TPSA) is 18.5 Å². The van der Waals surface area contributed by atoms with Crippen LogP contribution in [0.5, 0.6) is 0 Å². The highest BCUT2D eigenvalue weighted by molar-refractivity contribution is 5.29. The first-order valence-corrected chi connectivity index (χ1v) is 7.33. The van der Waals surface area contributed by atoms with E-state index >= 15 is 0 Å². The molecule has 20 heavy (non-hydrogen) atoms. The minimum Gasteiger partial charge on any atom is -0.313 e. The summed E-state index contributed by atoms with van der Waals surface area (Å²) >= 11 is 0. The fourth-order valence-electron chi connectivity index (χ4n) is 3.06. The molecule has 0 bridgehead atoms. The number of aryl methyl sites for hydroxylation is 1. The molecule has 0 radical (unpaired) electrons. The van der Waals surface area contributed by atoms with E-state index < -0.39 is 0 Å². The van der Waals surface area contributed by atoms with E-state index in [2.05, 4.69) is 29.2 Å². The molecule has 2 atom stereocenters. The minimum atomic E-state index is -0.157. The molecule has 0 saturated carbocycles. The third kappa shape index (κ3) is 3.57. The number of piperazine rings is 1. The molecule has 0 aliphatic carbocycles. The molecule has 3 nitrogen and oxygen atoms in total. The van der Waals surface area contributed by atoms with Gasteiger partial charge in [0.05, 0.1) is 0 Å². The Kier molecular flexibility index (Phi) is 5.13. The molecule has 112 valence electrons. The summed E-state index contributed by atoms with van der Waals surface area (Å²) in [5.41, 5.74) is 2.23. The van der Waals surface area contributed by atoms with Crippen LogP contribution in [-0.4, -0.2) is 56.6 Å². The molecule has 1 aromatic carbocycles. The van der Waals surface area contributed by atoms with E-state index in [0.717, 1.165) is 31.6 Å². The average molecular weight is 279 g/mol. The average Bonchev–Trinajstić information content (AvgIpc) is 2.40. The molecule has 2 rings (SSSR count). The van der Waals surface area contributed by atoms with E-state index in [4.69, 9.17) is 0 Å². The van der Waals surface area contributed by atoms with E-state index in [0.29, 0.717) is 6.04 Å². The maximum atomic E-state index is 13.3. The van der Waals surface area contributed by atoms with Crippen LogP contribution >= 0.6 is 0 Å². The zero-order chi connectivity index (χ0) is 14.7. The van der Waals surface area contributed by atoms with Gasteiger partial charge in [-0.15, -0.1) is 0 Å². The van der Waals surface area contributed by atoms with Crippen molar-refractivity contribution < 1.29 is 4.39 Å². The Hall–Kier alpha value is -0.970. The molecule has 1 heterocycles. The Bertz CT molecular complexity index is 449. The molecular weight excluding hydrogens is 253 g/mol. The highest BCUT2D eigenvalue weighted by Gasteiger charge is 2.25. The lowest BCUT2D eigenvalue weighted by Gasteiger charge is -2.39. The fourth-order valence-corrected chi connectivity index (χ4v) is 3.06. The van der Waals surface area contributed by atoms with Crippen molar-refractivity contribution in [3.8, 4) is 0 Å². The second kappa shape index (κ2) is 6.66. The predicted molar refractivity (Wildman–Crippen MR) is 81.5 cm³/mol. The Morgan fingerprint density at radius 1 is 1.35 bits per heavy atom. The Balaban J connectivity index is 2.11. The first-order valence-electron chi connectivity index (χ1n) is 7.33. The van der Waals surface area contributed by atoms with Crippen LogP contribution in [0.2, 0.25) is 0 Å². The molecule has 1 saturated heterocycles. The maximum absolute atomic E-state index is 13.3. The van der Waals surface area contributed by atoms with Gasteiger partial charge in [-0.05, 0) is 57.7 Å². The number of hydrogen-bond acceptors (Lipinski definition) is 3. The van der Waals surface area contributed by atoms with Crippen LogP contribution in [0.15, 0.2) is 18.2 Å². The second-order valence-corrected chi connectivity index (χ2v) is 5.97. The largest absolute Gasteiger partial charge is 0.313 e. The molecule has 1 aromatic rings. The van der Waals surface area contributed by atoms with Gasteiger partial charge >= 0.3 is 0 Å². The van der Waals surface area contributed by atoms with Gasteiger partial charge in [0.1, 0.15) is 5.82 Å². The SMILES string of the molecule is CNC(CC1CN(C)CCN1C)c1ccc(F)cc1C. The second-order valence-electron chi connectivity index (χ2n) is 5.97. The summed E-state index contributed by atoms with van der Waals surface area (Å²) in [6.45, 7) is 5.32. The summed E-state index contributed by atoms with van der Waals surface area (Å²) in [5.74, 6) is -0.157. The van der Waals surface area contributed by atoms with Crippen LogP contribution < -0.4 is 5.32 Å². The lowest BCUT2D eigenvalue weighted by Crippen LogP contribution is -2.50. The van der Waals surface area contributed by atoms with Crippen molar-refractivity contribution in [3.05, 3.63) is 35.1 Å². The molecule has 1 aliphatic heterocycles. The Morgan fingerprint density at radius 3 is 2.75 bits per heavy atom. The zero-order valence-corrected chi connectivity index (χ0v) is 13.0. The third-order valence-electron chi connectivity index (χ3n) is 4.44. The number of benzene rings is 1. The number of nitrogens with zero attached hydrogens (tertiary/aromatic N) is 2. The van der Waals surface area contributed by atoms with E-state index in [1.165, 1.54) is 5.56 Å². The van der Waals surface area contributed by atoms with Crippen molar-refractivity contribution in [1.29, 1.82) is 0 Å². The molecule has 0 spiro atoms.